The maximum absolute atomic E-state index is 12.9. The van der Waals surface area contributed by atoms with Crippen molar-refractivity contribution in [2.24, 2.45) is 0 Å². The number of ether oxygens (including phenoxy) is 2. The van der Waals surface area contributed by atoms with E-state index in [4.69, 9.17) is 9.47 Å². The molecule has 2 aromatic carbocycles. The van der Waals surface area contributed by atoms with Crippen molar-refractivity contribution in [1.82, 2.24) is 0 Å². The number of benzene rings is 2. The van der Waals surface area contributed by atoms with Crippen LogP contribution in [0.3, 0.4) is 0 Å². The minimum Gasteiger partial charge on any atom is -0.462 e. The molecule has 0 heterocycles. The Labute approximate surface area is 184 Å². The number of rotatable bonds is 14. The minimum atomic E-state index is -0.457. The monoisotopic (exact) mass is 428 g/mol. The fourth-order valence-electron chi connectivity index (χ4n) is 3.22. The van der Waals surface area contributed by atoms with E-state index in [1.165, 1.54) is 50.7 Å². The zero-order valence-electron chi connectivity index (χ0n) is 18.4. The topological polar surface area (TPSA) is 52.6 Å². The molecule has 2 rings (SSSR count). The maximum Gasteiger partial charge on any atom is 0.338 e. The molecule has 0 aliphatic carbocycles. The molecule has 5 heteroatoms. The van der Waals surface area contributed by atoms with Crippen LogP contribution in [0.25, 0.3) is 0 Å². The lowest BCUT2D eigenvalue weighted by atomic mass is 10.1. The number of halogens is 1. The van der Waals surface area contributed by atoms with Gasteiger partial charge in [0.25, 0.3) is 0 Å². The largest absolute Gasteiger partial charge is 0.462 e. The van der Waals surface area contributed by atoms with Crippen LogP contribution in [-0.2, 0) is 15.9 Å². The summed E-state index contributed by atoms with van der Waals surface area (Å²) in [4.78, 5) is 24.2. The first-order valence-corrected chi connectivity index (χ1v) is 11.3. The number of hydrogen-bond acceptors (Lipinski definition) is 4. The van der Waals surface area contributed by atoms with Gasteiger partial charge in [-0.3, -0.25) is 0 Å². The van der Waals surface area contributed by atoms with E-state index in [0.29, 0.717) is 24.2 Å². The van der Waals surface area contributed by atoms with Gasteiger partial charge in [0.15, 0.2) is 0 Å². The van der Waals surface area contributed by atoms with Crippen LogP contribution in [0.15, 0.2) is 48.5 Å². The van der Waals surface area contributed by atoms with E-state index in [9.17, 15) is 14.0 Å². The molecular formula is C26H33FO4. The quantitative estimate of drug-likeness (QED) is 0.254. The molecule has 0 atom stereocenters. The minimum absolute atomic E-state index is 0.201. The summed E-state index contributed by atoms with van der Waals surface area (Å²) >= 11 is 0. The van der Waals surface area contributed by atoms with Crippen LogP contribution < -0.4 is 0 Å². The first-order valence-electron chi connectivity index (χ1n) is 11.3. The van der Waals surface area contributed by atoms with E-state index in [2.05, 4.69) is 6.92 Å². The second-order valence-electron chi connectivity index (χ2n) is 7.70. The van der Waals surface area contributed by atoms with E-state index in [-0.39, 0.29) is 18.4 Å². The fraction of sp³-hybridized carbons (Fsp3) is 0.462. The van der Waals surface area contributed by atoms with Crippen molar-refractivity contribution in [2.75, 3.05) is 13.2 Å². The molecule has 31 heavy (non-hydrogen) atoms. The van der Waals surface area contributed by atoms with Crippen LogP contribution in [0.1, 0.15) is 84.6 Å². The Hall–Kier alpha value is -2.69. The fourth-order valence-corrected chi connectivity index (χ4v) is 3.22. The molecule has 0 fully saturated rings. The maximum atomic E-state index is 12.9. The van der Waals surface area contributed by atoms with Crippen molar-refractivity contribution in [1.29, 1.82) is 0 Å². The lowest BCUT2D eigenvalue weighted by Gasteiger charge is -2.07. The summed E-state index contributed by atoms with van der Waals surface area (Å²) < 4.78 is 23.5. The Balaban J connectivity index is 1.62. The van der Waals surface area contributed by atoms with Crippen molar-refractivity contribution in [3.8, 4) is 0 Å². The second-order valence-corrected chi connectivity index (χ2v) is 7.70. The molecule has 0 aliphatic rings. The van der Waals surface area contributed by atoms with Crippen molar-refractivity contribution in [3.63, 3.8) is 0 Å². The molecule has 0 bridgehead atoms. The molecule has 2 aromatic rings. The van der Waals surface area contributed by atoms with E-state index in [1.54, 1.807) is 36.4 Å². The third-order valence-electron chi connectivity index (χ3n) is 5.12. The van der Waals surface area contributed by atoms with E-state index >= 15 is 0 Å². The van der Waals surface area contributed by atoms with Gasteiger partial charge in [0.2, 0.25) is 0 Å². The molecule has 0 aromatic heterocycles. The van der Waals surface area contributed by atoms with Crippen LogP contribution in [0.2, 0.25) is 0 Å². The highest BCUT2D eigenvalue weighted by atomic mass is 19.1. The van der Waals surface area contributed by atoms with Gasteiger partial charge in [-0.05, 0) is 48.4 Å². The van der Waals surface area contributed by atoms with Crippen molar-refractivity contribution in [2.45, 2.75) is 64.7 Å². The highest BCUT2D eigenvalue weighted by Gasteiger charge is 2.11. The van der Waals surface area contributed by atoms with Gasteiger partial charge in [-0.15, -0.1) is 0 Å². The summed E-state index contributed by atoms with van der Waals surface area (Å²) in [5, 5.41) is 0. The summed E-state index contributed by atoms with van der Waals surface area (Å²) in [6, 6.07) is 12.4. The molecule has 0 saturated heterocycles. The van der Waals surface area contributed by atoms with E-state index < -0.39 is 5.97 Å². The molecule has 0 saturated carbocycles. The molecular weight excluding hydrogens is 395 g/mol. The Kier molecular flexibility index (Phi) is 11.4. The third kappa shape index (κ3) is 9.77. The van der Waals surface area contributed by atoms with Crippen LogP contribution in [0.5, 0.6) is 0 Å². The number of esters is 2. The second kappa shape index (κ2) is 14.3. The summed E-state index contributed by atoms with van der Waals surface area (Å²) in [5.41, 5.74) is 1.69. The van der Waals surface area contributed by atoms with Gasteiger partial charge in [-0.2, -0.15) is 0 Å². The Bertz CT molecular complexity index is 784. The Morgan fingerprint density at radius 2 is 1.16 bits per heavy atom. The smallest absolute Gasteiger partial charge is 0.338 e. The predicted octanol–water partition coefficient (Wildman–Crippen LogP) is 6.52. The average molecular weight is 429 g/mol. The third-order valence-corrected chi connectivity index (χ3v) is 5.12. The standard InChI is InChI=1S/C26H33FO4/c1-2-3-4-5-6-7-8-9-19-30-25(28)22-12-14-23(15-13-22)26(29)31-20-18-21-10-16-24(27)17-11-21/h10-17H,2-9,18-20H2,1H3. The van der Waals surface area contributed by atoms with Gasteiger partial charge in [-0.1, -0.05) is 64.0 Å². The molecule has 0 amide bonds. The van der Waals surface area contributed by atoms with Gasteiger partial charge < -0.3 is 9.47 Å². The number of carbonyl (C=O) groups excluding carboxylic acids is 2. The van der Waals surface area contributed by atoms with Gasteiger partial charge in [-0.25, -0.2) is 14.0 Å². The van der Waals surface area contributed by atoms with Crippen LogP contribution in [-0.4, -0.2) is 25.2 Å². The number of carbonyl (C=O) groups is 2. The normalized spacial score (nSPS) is 10.6. The summed E-state index contributed by atoms with van der Waals surface area (Å²) in [6.45, 7) is 2.83. The van der Waals surface area contributed by atoms with Gasteiger partial charge in [0.05, 0.1) is 24.3 Å². The van der Waals surface area contributed by atoms with E-state index in [0.717, 1.165) is 18.4 Å². The van der Waals surface area contributed by atoms with Crippen LogP contribution >= 0.6 is 0 Å². The molecule has 0 N–H and O–H groups in total. The van der Waals surface area contributed by atoms with Crippen molar-refractivity contribution in [3.05, 3.63) is 71.0 Å². The molecule has 0 aliphatic heterocycles. The lowest BCUT2D eigenvalue weighted by molar-refractivity contribution is 0.0487. The SMILES string of the molecule is CCCCCCCCCCOC(=O)c1ccc(C(=O)OCCc2ccc(F)cc2)cc1. The van der Waals surface area contributed by atoms with Gasteiger partial charge >= 0.3 is 11.9 Å². The molecule has 0 radical (unpaired) electrons. The molecule has 0 spiro atoms. The van der Waals surface area contributed by atoms with Crippen molar-refractivity contribution < 1.29 is 23.5 Å². The van der Waals surface area contributed by atoms with Crippen LogP contribution in [0.4, 0.5) is 4.39 Å². The zero-order valence-corrected chi connectivity index (χ0v) is 18.4. The molecule has 168 valence electrons. The summed E-state index contributed by atoms with van der Waals surface area (Å²) in [7, 11) is 0. The number of hydrogen-bond donors (Lipinski definition) is 0. The van der Waals surface area contributed by atoms with Gasteiger partial charge in [0.1, 0.15) is 5.82 Å². The van der Waals surface area contributed by atoms with Gasteiger partial charge in [0, 0.05) is 6.42 Å². The van der Waals surface area contributed by atoms with E-state index in [1.807, 2.05) is 0 Å². The molecule has 0 unspecified atom stereocenters. The zero-order chi connectivity index (χ0) is 22.3. The first-order chi connectivity index (χ1) is 15.1. The molecule has 4 nitrogen and oxygen atoms in total. The highest BCUT2D eigenvalue weighted by molar-refractivity contribution is 5.93. The lowest BCUT2D eigenvalue weighted by Crippen LogP contribution is -2.10. The Morgan fingerprint density at radius 3 is 1.71 bits per heavy atom. The summed E-state index contributed by atoms with van der Waals surface area (Å²) in [5.74, 6) is -1.13. The van der Waals surface area contributed by atoms with Crippen LogP contribution in [0, 0.1) is 5.82 Å². The number of unbranched alkanes of at least 4 members (excludes halogenated alkanes) is 7. The summed E-state index contributed by atoms with van der Waals surface area (Å²) in [6.07, 6.45) is 10.0. The Morgan fingerprint density at radius 1 is 0.677 bits per heavy atom. The predicted molar refractivity (Wildman–Crippen MR) is 120 cm³/mol. The first kappa shape index (κ1) is 24.6. The van der Waals surface area contributed by atoms with Crippen molar-refractivity contribution >= 4 is 11.9 Å². The average Bonchev–Trinajstić information content (AvgIpc) is 2.79. The highest BCUT2D eigenvalue weighted by Crippen LogP contribution is 2.11.